The molecule has 1 fully saturated rings. The Balaban J connectivity index is 2.01. The summed E-state index contributed by atoms with van der Waals surface area (Å²) in [5, 5.41) is 10.3. The number of rotatable bonds is 3. The lowest BCUT2D eigenvalue weighted by molar-refractivity contribution is 0.0199. The van der Waals surface area contributed by atoms with Gasteiger partial charge in [-0.25, -0.2) is 0 Å². The molecule has 19 heavy (non-hydrogen) atoms. The summed E-state index contributed by atoms with van der Waals surface area (Å²) in [5.41, 5.74) is 0.377. The van der Waals surface area contributed by atoms with Gasteiger partial charge in [0.15, 0.2) is 0 Å². The molecule has 1 aliphatic rings. The third-order valence-electron chi connectivity index (χ3n) is 4.70. The fraction of sp³-hybridized carbons (Fsp3) is 0.765. The maximum absolute atomic E-state index is 10.3. The third kappa shape index (κ3) is 3.82. The zero-order valence-electron chi connectivity index (χ0n) is 12.8. The zero-order valence-corrected chi connectivity index (χ0v) is 13.6. The number of hydrogen-bond donors (Lipinski definition) is 1. The standard InChI is InChI=1S/C17H28OS/c1-5-14-7-8-15(19-14)11-12-10-13(17(2,3)4)6-9-16(12)18/h7-8,12-13,16,18H,5-6,9-11H2,1-4H3. The van der Waals surface area contributed by atoms with Gasteiger partial charge in [-0.15, -0.1) is 11.3 Å². The SMILES string of the molecule is CCc1ccc(CC2CC(C(C)(C)C)CCC2O)s1. The molecule has 0 aromatic carbocycles. The number of aryl methyl sites for hydroxylation is 1. The van der Waals surface area contributed by atoms with Crippen molar-refractivity contribution in [1.29, 1.82) is 0 Å². The molecule has 2 heteroatoms. The highest BCUT2D eigenvalue weighted by atomic mass is 32.1. The van der Waals surface area contributed by atoms with Crippen molar-refractivity contribution >= 4 is 11.3 Å². The van der Waals surface area contributed by atoms with Crippen molar-refractivity contribution in [2.75, 3.05) is 0 Å². The lowest BCUT2D eigenvalue weighted by atomic mass is 9.67. The molecule has 0 amide bonds. The molecule has 0 bridgehead atoms. The van der Waals surface area contributed by atoms with Crippen molar-refractivity contribution in [2.45, 2.75) is 65.9 Å². The van der Waals surface area contributed by atoms with Gasteiger partial charge in [0, 0.05) is 9.75 Å². The molecule has 1 N–H and O–H groups in total. The van der Waals surface area contributed by atoms with E-state index in [-0.39, 0.29) is 6.10 Å². The van der Waals surface area contributed by atoms with Gasteiger partial charge < -0.3 is 5.11 Å². The predicted molar refractivity (Wildman–Crippen MR) is 83.7 cm³/mol. The summed E-state index contributed by atoms with van der Waals surface area (Å²) in [4.78, 5) is 2.92. The summed E-state index contributed by atoms with van der Waals surface area (Å²) >= 11 is 1.93. The van der Waals surface area contributed by atoms with E-state index in [0.717, 1.165) is 25.2 Å². The van der Waals surface area contributed by atoms with Gasteiger partial charge in [-0.2, -0.15) is 0 Å². The lowest BCUT2D eigenvalue weighted by Crippen LogP contribution is -2.35. The Morgan fingerprint density at radius 3 is 2.47 bits per heavy atom. The molecule has 1 aromatic heterocycles. The topological polar surface area (TPSA) is 20.2 Å². The van der Waals surface area contributed by atoms with Crippen molar-refractivity contribution in [3.63, 3.8) is 0 Å². The molecule has 108 valence electrons. The molecule has 1 aromatic rings. The van der Waals surface area contributed by atoms with E-state index < -0.39 is 0 Å². The van der Waals surface area contributed by atoms with E-state index in [1.165, 1.54) is 22.6 Å². The quantitative estimate of drug-likeness (QED) is 0.852. The highest BCUT2D eigenvalue weighted by Gasteiger charge is 2.35. The van der Waals surface area contributed by atoms with Crippen LogP contribution >= 0.6 is 11.3 Å². The molecule has 1 saturated carbocycles. The van der Waals surface area contributed by atoms with Crippen LogP contribution in [0.1, 0.15) is 56.7 Å². The summed E-state index contributed by atoms with van der Waals surface area (Å²) in [5.74, 6) is 1.22. The van der Waals surface area contributed by atoms with Gasteiger partial charge in [-0.3, -0.25) is 0 Å². The molecular formula is C17H28OS. The van der Waals surface area contributed by atoms with Crippen LogP contribution in [0.4, 0.5) is 0 Å². The molecule has 0 radical (unpaired) electrons. The molecule has 3 atom stereocenters. The van der Waals surface area contributed by atoms with Crippen LogP contribution in [0, 0.1) is 17.3 Å². The van der Waals surface area contributed by atoms with Crippen molar-refractivity contribution in [3.05, 3.63) is 21.9 Å². The van der Waals surface area contributed by atoms with Crippen molar-refractivity contribution in [3.8, 4) is 0 Å². The summed E-state index contributed by atoms with van der Waals surface area (Å²) in [6.07, 6.45) is 5.46. The number of thiophene rings is 1. The second kappa shape index (κ2) is 5.97. The van der Waals surface area contributed by atoms with Crippen LogP contribution in [0.15, 0.2) is 12.1 Å². The van der Waals surface area contributed by atoms with E-state index in [0.29, 0.717) is 11.3 Å². The van der Waals surface area contributed by atoms with E-state index in [4.69, 9.17) is 0 Å². The van der Waals surface area contributed by atoms with Crippen molar-refractivity contribution < 1.29 is 5.11 Å². The van der Waals surface area contributed by atoms with Gasteiger partial charge >= 0.3 is 0 Å². The van der Waals surface area contributed by atoms with Gasteiger partial charge in [0.25, 0.3) is 0 Å². The highest BCUT2D eigenvalue weighted by molar-refractivity contribution is 7.11. The first kappa shape index (κ1) is 15.1. The first-order valence-electron chi connectivity index (χ1n) is 7.65. The number of aliphatic hydroxyl groups excluding tert-OH is 1. The number of aliphatic hydroxyl groups is 1. The van der Waals surface area contributed by atoms with Crippen LogP contribution in [0.2, 0.25) is 0 Å². The van der Waals surface area contributed by atoms with Crippen LogP contribution in [0.5, 0.6) is 0 Å². The monoisotopic (exact) mass is 280 g/mol. The van der Waals surface area contributed by atoms with Gasteiger partial charge in [-0.05, 0) is 61.5 Å². The van der Waals surface area contributed by atoms with Gasteiger partial charge in [0.05, 0.1) is 6.10 Å². The van der Waals surface area contributed by atoms with Crippen LogP contribution in [0.25, 0.3) is 0 Å². The van der Waals surface area contributed by atoms with E-state index in [9.17, 15) is 5.11 Å². The Kier molecular flexibility index (Phi) is 4.73. The Labute approximate surface area is 122 Å². The molecule has 3 unspecified atom stereocenters. The third-order valence-corrected chi connectivity index (χ3v) is 5.95. The zero-order chi connectivity index (χ0) is 14.0. The van der Waals surface area contributed by atoms with Gasteiger partial charge in [0.1, 0.15) is 0 Å². The predicted octanol–water partition coefficient (Wildman–Crippen LogP) is 4.68. The van der Waals surface area contributed by atoms with Crippen LogP contribution < -0.4 is 0 Å². The first-order valence-corrected chi connectivity index (χ1v) is 8.47. The second-order valence-corrected chi connectivity index (χ2v) is 8.38. The maximum Gasteiger partial charge on any atom is 0.0572 e. The van der Waals surface area contributed by atoms with E-state index >= 15 is 0 Å². The molecule has 2 rings (SSSR count). The molecule has 0 spiro atoms. The fourth-order valence-corrected chi connectivity index (χ4v) is 4.29. The molecule has 1 nitrogen and oxygen atoms in total. The second-order valence-electron chi connectivity index (χ2n) is 7.13. The molecule has 1 aliphatic carbocycles. The van der Waals surface area contributed by atoms with Crippen LogP contribution in [-0.4, -0.2) is 11.2 Å². The van der Waals surface area contributed by atoms with Crippen molar-refractivity contribution in [2.24, 2.45) is 17.3 Å². The minimum atomic E-state index is -0.0919. The van der Waals surface area contributed by atoms with Crippen LogP contribution in [0.3, 0.4) is 0 Å². The highest BCUT2D eigenvalue weighted by Crippen LogP contribution is 2.41. The summed E-state index contributed by atoms with van der Waals surface area (Å²) in [6.45, 7) is 9.23. The first-order chi connectivity index (χ1) is 8.90. The summed E-state index contributed by atoms with van der Waals surface area (Å²) in [6, 6.07) is 4.51. The lowest BCUT2D eigenvalue weighted by Gasteiger charge is -2.40. The van der Waals surface area contributed by atoms with Crippen molar-refractivity contribution in [1.82, 2.24) is 0 Å². The maximum atomic E-state index is 10.3. The Morgan fingerprint density at radius 1 is 1.21 bits per heavy atom. The minimum absolute atomic E-state index is 0.0919. The molecule has 1 heterocycles. The van der Waals surface area contributed by atoms with Gasteiger partial charge in [-0.1, -0.05) is 27.7 Å². The van der Waals surface area contributed by atoms with E-state index in [1.807, 2.05) is 11.3 Å². The Bertz CT molecular complexity index is 402. The minimum Gasteiger partial charge on any atom is -0.393 e. The van der Waals surface area contributed by atoms with E-state index in [1.54, 1.807) is 0 Å². The molecular weight excluding hydrogens is 252 g/mol. The summed E-state index contributed by atoms with van der Waals surface area (Å²) in [7, 11) is 0. The average molecular weight is 280 g/mol. The Morgan fingerprint density at radius 2 is 1.89 bits per heavy atom. The normalized spacial score (nSPS) is 28.6. The Hall–Kier alpha value is -0.340. The smallest absolute Gasteiger partial charge is 0.0572 e. The van der Waals surface area contributed by atoms with Crippen LogP contribution in [-0.2, 0) is 12.8 Å². The largest absolute Gasteiger partial charge is 0.393 e. The number of hydrogen-bond acceptors (Lipinski definition) is 2. The molecule has 0 aliphatic heterocycles. The van der Waals surface area contributed by atoms with Gasteiger partial charge in [0.2, 0.25) is 0 Å². The average Bonchev–Trinajstić information content (AvgIpc) is 2.78. The fourth-order valence-electron chi connectivity index (χ4n) is 3.23. The summed E-state index contributed by atoms with van der Waals surface area (Å²) < 4.78 is 0. The van der Waals surface area contributed by atoms with E-state index in [2.05, 4.69) is 39.8 Å². The molecule has 0 saturated heterocycles.